The van der Waals surface area contributed by atoms with Crippen LogP contribution in [0.5, 0.6) is 0 Å². The third kappa shape index (κ3) is 3.84. The molecule has 0 radical (unpaired) electrons. The molecule has 0 aliphatic carbocycles. The highest BCUT2D eigenvalue weighted by molar-refractivity contribution is 7.09. The Bertz CT molecular complexity index is 1340. The second kappa shape index (κ2) is 7.80. The highest BCUT2D eigenvalue weighted by Crippen LogP contribution is 2.25. The SMILES string of the molecule is CC(C)c1nc(Cn2cc(NC(=O)c3n[nH]c4cc(-c5cn[nH]c5)ccc34)cn2)cs1. The van der Waals surface area contributed by atoms with E-state index in [1.165, 1.54) is 0 Å². The van der Waals surface area contributed by atoms with Crippen LogP contribution in [-0.2, 0) is 6.54 Å². The maximum Gasteiger partial charge on any atom is 0.276 e. The molecule has 0 aliphatic heterocycles. The van der Waals surface area contributed by atoms with E-state index in [9.17, 15) is 4.79 Å². The van der Waals surface area contributed by atoms with Crippen LogP contribution in [0.1, 0.15) is 41.0 Å². The molecule has 156 valence electrons. The van der Waals surface area contributed by atoms with E-state index in [0.29, 0.717) is 23.8 Å². The van der Waals surface area contributed by atoms with Gasteiger partial charge in [-0.1, -0.05) is 19.9 Å². The Kier molecular flexibility index (Phi) is 4.83. The summed E-state index contributed by atoms with van der Waals surface area (Å²) in [6.07, 6.45) is 6.98. The second-order valence-electron chi connectivity index (χ2n) is 7.53. The molecule has 5 rings (SSSR count). The van der Waals surface area contributed by atoms with Crippen LogP contribution in [0.15, 0.2) is 48.4 Å². The van der Waals surface area contributed by atoms with E-state index in [-0.39, 0.29) is 5.91 Å². The van der Waals surface area contributed by atoms with Crippen molar-refractivity contribution in [3.63, 3.8) is 0 Å². The summed E-state index contributed by atoms with van der Waals surface area (Å²) in [6.45, 7) is 4.81. The number of carbonyl (C=O) groups excluding carboxylic acids is 1. The summed E-state index contributed by atoms with van der Waals surface area (Å²) in [5.74, 6) is 0.114. The number of hydrogen-bond acceptors (Lipinski definition) is 6. The Morgan fingerprint density at radius 3 is 2.94 bits per heavy atom. The minimum atomic E-state index is -0.294. The van der Waals surface area contributed by atoms with Gasteiger partial charge in [0.1, 0.15) is 0 Å². The van der Waals surface area contributed by atoms with Gasteiger partial charge < -0.3 is 5.32 Å². The molecule has 4 heterocycles. The first-order chi connectivity index (χ1) is 15.1. The van der Waals surface area contributed by atoms with Gasteiger partial charge in [-0.05, 0) is 17.7 Å². The van der Waals surface area contributed by atoms with Gasteiger partial charge in [-0.3, -0.25) is 19.7 Å². The van der Waals surface area contributed by atoms with Crippen LogP contribution in [0, 0.1) is 0 Å². The number of aromatic nitrogens is 7. The molecule has 1 amide bonds. The minimum Gasteiger partial charge on any atom is -0.318 e. The van der Waals surface area contributed by atoms with Crippen molar-refractivity contribution in [2.24, 2.45) is 0 Å². The third-order valence-corrected chi connectivity index (χ3v) is 6.08. The predicted octanol–water partition coefficient (Wildman–Crippen LogP) is 4.03. The van der Waals surface area contributed by atoms with E-state index < -0.39 is 0 Å². The fourth-order valence-electron chi connectivity index (χ4n) is 3.31. The fourth-order valence-corrected chi connectivity index (χ4v) is 4.14. The van der Waals surface area contributed by atoms with Gasteiger partial charge in [0, 0.05) is 34.6 Å². The van der Waals surface area contributed by atoms with E-state index >= 15 is 0 Å². The minimum absolute atomic E-state index is 0.294. The molecule has 1 aromatic carbocycles. The van der Waals surface area contributed by atoms with Gasteiger partial charge in [0.05, 0.1) is 40.8 Å². The Morgan fingerprint density at radius 2 is 2.16 bits per heavy atom. The van der Waals surface area contributed by atoms with E-state index in [1.54, 1.807) is 34.6 Å². The van der Waals surface area contributed by atoms with Crippen molar-refractivity contribution in [3.05, 3.63) is 64.8 Å². The maximum atomic E-state index is 12.8. The number of aromatic amines is 2. The summed E-state index contributed by atoms with van der Waals surface area (Å²) in [5, 5.41) is 25.0. The standard InChI is InChI=1S/C21H20N8OS/c1-12(2)21-26-16(11-31-21)10-29-9-15(8-24-29)25-20(30)19-17-4-3-13(5-18(17)27-28-19)14-6-22-23-7-14/h3-9,11-12H,10H2,1-2H3,(H,22,23)(H,25,30)(H,27,28). The number of anilines is 1. The van der Waals surface area contributed by atoms with Gasteiger partial charge in [0.2, 0.25) is 0 Å². The molecule has 9 nitrogen and oxygen atoms in total. The molecule has 0 fully saturated rings. The number of H-pyrrole nitrogens is 2. The number of fused-ring (bicyclic) bond motifs is 1. The van der Waals surface area contributed by atoms with Crippen molar-refractivity contribution in [2.75, 3.05) is 5.32 Å². The highest BCUT2D eigenvalue weighted by Gasteiger charge is 2.16. The van der Waals surface area contributed by atoms with Crippen molar-refractivity contribution >= 4 is 33.8 Å². The first-order valence-corrected chi connectivity index (χ1v) is 10.7. The van der Waals surface area contributed by atoms with E-state index in [2.05, 4.69) is 49.6 Å². The van der Waals surface area contributed by atoms with Crippen LogP contribution in [0.4, 0.5) is 5.69 Å². The molecule has 31 heavy (non-hydrogen) atoms. The lowest BCUT2D eigenvalue weighted by Gasteiger charge is -2.01. The van der Waals surface area contributed by atoms with Crippen molar-refractivity contribution in [2.45, 2.75) is 26.3 Å². The summed E-state index contributed by atoms with van der Waals surface area (Å²) in [4.78, 5) is 17.4. The number of amides is 1. The molecule has 0 spiro atoms. The van der Waals surface area contributed by atoms with Crippen molar-refractivity contribution in [1.29, 1.82) is 0 Å². The molecular weight excluding hydrogens is 412 g/mol. The Hall–Kier alpha value is -3.79. The average molecular weight is 433 g/mol. The van der Waals surface area contributed by atoms with Crippen LogP contribution >= 0.6 is 11.3 Å². The molecule has 0 unspecified atom stereocenters. The van der Waals surface area contributed by atoms with Gasteiger partial charge in [-0.2, -0.15) is 15.3 Å². The molecule has 0 aliphatic rings. The van der Waals surface area contributed by atoms with E-state index in [4.69, 9.17) is 0 Å². The number of nitrogens with zero attached hydrogens (tertiary/aromatic N) is 5. The van der Waals surface area contributed by atoms with Crippen molar-refractivity contribution in [1.82, 2.24) is 35.2 Å². The maximum absolute atomic E-state index is 12.8. The Labute approximate surface area is 181 Å². The molecule has 10 heteroatoms. The number of rotatable bonds is 6. The first-order valence-electron chi connectivity index (χ1n) is 9.82. The average Bonchev–Trinajstić information content (AvgIpc) is 3.54. The molecule has 0 atom stereocenters. The summed E-state index contributed by atoms with van der Waals surface area (Å²) in [5.41, 5.74) is 4.64. The molecule has 4 aromatic heterocycles. The third-order valence-electron chi connectivity index (χ3n) is 4.89. The molecule has 5 aromatic rings. The van der Waals surface area contributed by atoms with Crippen LogP contribution in [-0.4, -0.2) is 41.1 Å². The van der Waals surface area contributed by atoms with Gasteiger partial charge in [0.15, 0.2) is 5.69 Å². The number of carbonyl (C=O) groups is 1. The summed E-state index contributed by atoms with van der Waals surface area (Å²) in [7, 11) is 0. The second-order valence-corrected chi connectivity index (χ2v) is 8.42. The van der Waals surface area contributed by atoms with Crippen LogP contribution in [0.3, 0.4) is 0 Å². The van der Waals surface area contributed by atoms with E-state index in [1.807, 2.05) is 29.8 Å². The largest absolute Gasteiger partial charge is 0.318 e. The topological polar surface area (TPSA) is 117 Å². The van der Waals surface area contributed by atoms with Gasteiger partial charge in [-0.25, -0.2) is 4.98 Å². The molecule has 0 saturated carbocycles. The molecule has 0 saturated heterocycles. The van der Waals surface area contributed by atoms with Crippen LogP contribution in [0.25, 0.3) is 22.0 Å². The lowest BCUT2D eigenvalue weighted by atomic mass is 10.1. The normalized spacial score (nSPS) is 11.5. The number of hydrogen-bond donors (Lipinski definition) is 3. The van der Waals surface area contributed by atoms with Gasteiger partial charge >= 0.3 is 0 Å². The Balaban J connectivity index is 1.30. The van der Waals surface area contributed by atoms with Gasteiger partial charge in [0.25, 0.3) is 5.91 Å². The van der Waals surface area contributed by atoms with Gasteiger partial charge in [-0.15, -0.1) is 11.3 Å². The monoisotopic (exact) mass is 432 g/mol. The quantitative estimate of drug-likeness (QED) is 0.374. The molecule has 0 bridgehead atoms. The van der Waals surface area contributed by atoms with Crippen molar-refractivity contribution < 1.29 is 4.79 Å². The molecule has 3 N–H and O–H groups in total. The number of nitrogens with one attached hydrogen (secondary N) is 3. The first kappa shape index (κ1) is 19.2. The lowest BCUT2D eigenvalue weighted by Crippen LogP contribution is -2.12. The zero-order valence-corrected chi connectivity index (χ0v) is 17.8. The van der Waals surface area contributed by atoms with Crippen LogP contribution in [0.2, 0.25) is 0 Å². The zero-order chi connectivity index (χ0) is 21.4. The molecular formula is C21H20N8OS. The Morgan fingerprint density at radius 1 is 1.26 bits per heavy atom. The number of benzene rings is 1. The lowest BCUT2D eigenvalue weighted by molar-refractivity contribution is 0.102. The number of thiazole rings is 1. The summed E-state index contributed by atoms with van der Waals surface area (Å²) in [6, 6.07) is 5.77. The smallest absolute Gasteiger partial charge is 0.276 e. The summed E-state index contributed by atoms with van der Waals surface area (Å²) < 4.78 is 1.76. The van der Waals surface area contributed by atoms with E-state index in [0.717, 1.165) is 32.7 Å². The predicted molar refractivity (Wildman–Crippen MR) is 119 cm³/mol. The fraction of sp³-hybridized carbons (Fsp3) is 0.190. The zero-order valence-electron chi connectivity index (χ0n) is 17.0. The summed E-state index contributed by atoms with van der Waals surface area (Å²) >= 11 is 1.65. The van der Waals surface area contributed by atoms with Crippen molar-refractivity contribution in [3.8, 4) is 11.1 Å². The highest BCUT2D eigenvalue weighted by atomic mass is 32.1. The van der Waals surface area contributed by atoms with Crippen LogP contribution < -0.4 is 5.32 Å².